The molecule has 7 nitrogen and oxygen atoms in total. The molecule has 0 saturated heterocycles. The number of benzene rings is 2. The number of hydrogen-bond donors (Lipinski definition) is 1. The van der Waals surface area contributed by atoms with Gasteiger partial charge in [-0.1, -0.05) is 24.3 Å². The average Bonchev–Trinajstić information content (AvgIpc) is 3.34. The molecule has 2 aromatic carbocycles. The predicted molar refractivity (Wildman–Crippen MR) is 106 cm³/mol. The highest BCUT2D eigenvalue weighted by Crippen LogP contribution is 2.31. The van der Waals surface area contributed by atoms with Crippen LogP contribution in [0.25, 0.3) is 10.2 Å². The summed E-state index contributed by atoms with van der Waals surface area (Å²) in [4.78, 5) is 16.8. The average molecular weight is 392 g/mol. The third-order valence-electron chi connectivity index (χ3n) is 4.34. The molecule has 0 fully saturated rings. The van der Waals surface area contributed by atoms with Gasteiger partial charge >= 0.3 is 0 Å². The van der Waals surface area contributed by atoms with E-state index in [4.69, 9.17) is 9.47 Å². The van der Waals surface area contributed by atoms with Crippen molar-refractivity contribution < 1.29 is 14.3 Å². The predicted octanol–water partition coefficient (Wildman–Crippen LogP) is 3.59. The number of rotatable bonds is 4. The molecule has 0 bridgehead atoms. The molecule has 0 saturated carbocycles. The Labute approximate surface area is 164 Å². The number of para-hydroxylation sites is 3. The Morgan fingerprint density at radius 1 is 1.18 bits per heavy atom. The summed E-state index contributed by atoms with van der Waals surface area (Å²) >= 11 is 1.37. The fourth-order valence-corrected chi connectivity index (χ4v) is 3.90. The van der Waals surface area contributed by atoms with Gasteiger partial charge in [0.05, 0.1) is 28.6 Å². The first kappa shape index (κ1) is 16.8. The van der Waals surface area contributed by atoms with Gasteiger partial charge in [0, 0.05) is 6.20 Å². The van der Waals surface area contributed by atoms with Gasteiger partial charge in [-0.05, 0) is 24.3 Å². The molecule has 28 heavy (non-hydrogen) atoms. The van der Waals surface area contributed by atoms with Gasteiger partial charge in [0.2, 0.25) is 0 Å². The van der Waals surface area contributed by atoms with E-state index in [9.17, 15) is 4.79 Å². The summed E-state index contributed by atoms with van der Waals surface area (Å²) < 4.78 is 14.4. The highest BCUT2D eigenvalue weighted by atomic mass is 32.1. The molecule has 4 aromatic rings. The molecule has 140 valence electrons. The molecule has 0 aliphatic carbocycles. The molecule has 1 atom stereocenters. The number of thiazole rings is 1. The maximum Gasteiger partial charge on any atom is 0.284 e. The maximum atomic E-state index is 12.5. The van der Waals surface area contributed by atoms with Crippen molar-refractivity contribution in [3.8, 4) is 11.5 Å². The zero-order valence-corrected chi connectivity index (χ0v) is 15.6. The highest BCUT2D eigenvalue weighted by molar-refractivity contribution is 7.20. The monoisotopic (exact) mass is 392 g/mol. The number of carbonyl (C=O) groups excluding carboxylic acids is 1. The van der Waals surface area contributed by atoms with Gasteiger partial charge in [-0.2, -0.15) is 5.10 Å². The van der Waals surface area contributed by atoms with Gasteiger partial charge in [-0.3, -0.25) is 9.48 Å². The van der Waals surface area contributed by atoms with Crippen molar-refractivity contribution in [3.63, 3.8) is 0 Å². The molecular formula is C20H16N4O3S. The molecule has 1 N–H and O–H groups in total. The molecule has 0 spiro atoms. The lowest BCUT2D eigenvalue weighted by Crippen LogP contribution is -2.33. The van der Waals surface area contributed by atoms with E-state index in [0.29, 0.717) is 23.8 Å². The molecule has 8 heteroatoms. The second-order valence-electron chi connectivity index (χ2n) is 6.39. The van der Waals surface area contributed by atoms with Crippen LogP contribution in [0.2, 0.25) is 0 Å². The van der Waals surface area contributed by atoms with E-state index < -0.39 is 0 Å². The van der Waals surface area contributed by atoms with E-state index in [1.165, 1.54) is 11.3 Å². The smallest absolute Gasteiger partial charge is 0.284 e. The van der Waals surface area contributed by atoms with Gasteiger partial charge in [0.1, 0.15) is 6.61 Å². The Hall–Kier alpha value is -3.39. The number of anilines is 1. The van der Waals surface area contributed by atoms with E-state index in [0.717, 1.165) is 21.7 Å². The lowest BCUT2D eigenvalue weighted by molar-refractivity contribution is 0.0759. The van der Waals surface area contributed by atoms with Crippen molar-refractivity contribution in [3.05, 3.63) is 65.9 Å². The van der Waals surface area contributed by atoms with Crippen molar-refractivity contribution in [1.29, 1.82) is 0 Å². The lowest BCUT2D eigenvalue weighted by atomic mass is 10.2. The van der Waals surface area contributed by atoms with Crippen LogP contribution >= 0.6 is 11.3 Å². The molecule has 2 aromatic heterocycles. The van der Waals surface area contributed by atoms with Crippen molar-refractivity contribution in [2.24, 2.45) is 0 Å². The minimum atomic E-state index is -0.244. The number of amides is 1. The SMILES string of the molecule is O=C(Nc1cnn(C[C@@H]2COc3ccccc3O2)c1)c1nc2ccccc2s1. The Balaban J connectivity index is 1.24. The number of ether oxygens (including phenoxy) is 2. The second-order valence-corrected chi connectivity index (χ2v) is 7.42. The normalized spacial score (nSPS) is 15.5. The van der Waals surface area contributed by atoms with Gasteiger partial charge < -0.3 is 14.8 Å². The Kier molecular flexibility index (Phi) is 4.17. The van der Waals surface area contributed by atoms with Gasteiger partial charge in [-0.15, -0.1) is 11.3 Å². The summed E-state index contributed by atoms with van der Waals surface area (Å²) in [5.41, 5.74) is 1.43. The van der Waals surface area contributed by atoms with Crippen molar-refractivity contribution in [2.75, 3.05) is 11.9 Å². The minimum absolute atomic E-state index is 0.150. The molecule has 5 rings (SSSR count). The lowest BCUT2D eigenvalue weighted by Gasteiger charge is -2.26. The Morgan fingerprint density at radius 3 is 2.89 bits per heavy atom. The first-order chi connectivity index (χ1) is 13.7. The van der Waals surface area contributed by atoms with Crippen LogP contribution in [0.4, 0.5) is 5.69 Å². The summed E-state index contributed by atoms with van der Waals surface area (Å²) in [7, 11) is 0. The second kappa shape index (κ2) is 6.97. The van der Waals surface area contributed by atoms with Crippen molar-refractivity contribution in [1.82, 2.24) is 14.8 Å². The highest BCUT2D eigenvalue weighted by Gasteiger charge is 2.21. The van der Waals surface area contributed by atoms with Crippen molar-refractivity contribution in [2.45, 2.75) is 12.6 Å². The summed E-state index contributed by atoms with van der Waals surface area (Å²) in [6.07, 6.45) is 3.24. The quantitative estimate of drug-likeness (QED) is 0.574. The fourth-order valence-electron chi connectivity index (χ4n) is 3.04. The molecule has 0 unspecified atom stereocenters. The maximum absolute atomic E-state index is 12.5. The topological polar surface area (TPSA) is 78.3 Å². The standard InChI is InChI=1S/C20H16N4O3S/c25-19(20-23-15-5-1-4-8-18(15)28-20)22-13-9-21-24(10-13)11-14-12-26-16-6-2-3-7-17(16)27-14/h1-10,14H,11-12H2,(H,22,25)/t14-/m1/s1. The van der Waals surface area contributed by atoms with Crippen LogP contribution in [0.1, 0.15) is 9.80 Å². The van der Waals surface area contributed by atoms with Crippen LogP contribution in [-0.4, -0.2) is 33.4 Å². The molecule has 1 aliphatic heterocycles. The summed E-state index contributed by atoms with van der Waals surface area (Å²) in [5, 5.41) is 7.58. The number of nitrogens with zero attached hydrogens (tertiary/aromatic N) is 3. The van der Waals surface area contributed by atoms with Crippen LogP contribution in [-0.2, 0) is 6.54 Å². The van der Waals surface area contributed by atoms with Crippen LogP contribution in [0.3, 0.4) is 0 Å². The molecule has 1 aliphatic rings. The zero-order chi connectivity index (χ0) is 18.9. The van der Waals surface area contributed by atoms with Crippen LogP contribution in [0, 0.1) is 0 Å². The first-order valence-corrected chi connectivity index (χ1v) is 9.64. The summed E-state index contributed by atoms with van der Waals surface area (Å²) in [6, 6.07) is 15.3. The van der Waals surface area contributed by atoms with E-state index in [1.807, 2.05) is 48.5 Å². The van der Waals surface area contributed by atoms with Crippen molar-refractivity contribution >= 4 is 33.1 Å². The fraction of sp³-hybridized carbons (Fsp3) is 0.150. The number of carbonyl (C=O) groups is 1. The van der Waals surface area contributed by atoms with E-state index in [2.05, 4.69) is 15.4 Å². The van der Waals surface area contributed by atoms with Gasteiger partial charge in [0.15, 0.2) is 22.6 Å². The number of hydrogen-bond acceptors (Lipinski definition) is 6. The summed E-state index contributed by atoms with van der Waals surface area (Å²) in [5.74, 6) is 1.24. The third kappa shape index (κ3) is 3.29. The molecule has 3 heterocycles. The largest absolute Gasteiger partial charge is 0.486 e. The number of nitrogens with one attached hydrogen (secondary N) is 1. The number of aromatic nitrogens is 3. The van der Waals surface area contributed by atoms with E-state index in [1.54, 1.807) is 17.1 Å². The first-order valence-electron chi connectivity index (χ1n) is 8.82. The Bertz CT molecular complexity index is 1120. The molecule has 1 amide bonds. The molecular weight excluding hydrogens is 376 g/mol. The van der Waals surface area contributed by atoms with E-state index in [-0.39, 0.29) is 12.0 Å². The van der Waals surface area contributed by atoms with Gasteiger partial charge in [-0.25, -0.2) is 4.98 Å². The zero-order valence-electron chi connectivity index (χ0n) is 14.7. The minimum Gasteiger partial charge on any atom is -0.486 e. The van der Waals surface area contributed by atoms with Gasteiger partial charge in [0.25, 0.3) is 5.91 Å². The van der Waals surface area contributed by atoms with E-state index >= 15 is 0 Å². The Morgan fingerprint density at radius 2 is 2.00 bits per heavy atom. The molecule has 0 radical (unpaired) electrons. The summed E-state index contributed by atoms with van der Waals surface area (Å²) in [6.45, 7) is 0.968. The number of fused-ring (bicyclic) bond motifs is 2. The van der Waals surface area contributed by atoms with Crippen LogP contribution in [0.15, 0.2) is 60.9 Å². The van der Waals surface area contributed by atoms with Crippen LogP contribution in [0.5, 0.6) is 11.5 Å². The van der Waals surface area contributed by atoms with Crippen LogP contribution < -0.4 is 14.8 Å². The third-order valence-corrected chi connectivity index (χ3v) is 5.37.